The summed E-state index contributed by atoms with van der Waals surface area (Å²) in [5, 5.41) is 3.21. The van der Waals surface area contributed by atoms with Crippen LogP contribution in [0.2, 0.25) is 0 Å². The molecule has 1 unspecified atom stereocenters. The maximum absolute atomic E-state index is 5.35. The lowest BCUT2D eigenvalue weighted by Gasteiger charge is -2.15. The molecular formula is C11H18BrN3O. The van der Waals surface area contributed by atoms with Gasteiger partial charge in [0, 0.05) is 13.7 Å². The second-order valence-corrected chi connectivity index (χ2v) is 4.29. The van der Waals surface area contributed by atoms with E-state index in [1.165, 1.54) is 0 Å². The van der Waals surface area contributed by atoms with Crippen molar-refractivity contribution in [3.63, 3.8) is 0 Å². The third-order valence-electron chi connectivity index (χ3n) is 2.32. The van der Waals surface area contributed by atoms with E-state index < -0.39 is 0 Å². The maximum atomic E-state index is 5.35. The van der Waals surface area contributed by atoms with Gasteiger partial charge in [0.2, 0.25) is 0 Å². The topological polar surface area (TPSA) is 47.0 Å². The fraction of sp³-hybridized carbons (Fsp3) is 0.636. The van der Waals surface area contributed by atoms with Crippen molar-refractivity contribution in [2.45, 2.75) is 33.3 Å². The van der Waals surface area contributed by atoms with Crippen LogP contribution in [0.5, 0.6) is 0 Å². The van der Waals surface area contributed by atoms with Gasteiger partial charge in [0.05, 0.1) is 10.2 Å². The number of anilines is 1. The van der Waals surface area contributed by atoms with Crippen LogP contribution >= 0.6 is 15.9 Å². The number of aryl methyl sites for hydroxylation is 1. The highest BCUT2D eigenvalue weighted by molar-refractivity contribution is 9.10. The number of methoxy groups -OCH3 is 1. The quantitative estimate of drug-likeness (QED) is 0.904. The molecule has 90 valence electrons. The molecule has 0 aliphatic carbocycles. The number of halogens is 1. The van der Waals surface area contributed by atoms with Crippen LogP contribution < -0.4 is 5.32 Å². The lowest BCUT2D eigenvalue weighted by atomic mass is 10.2. The smallest absolute Gasteiger partial charge is 0.159 e. The zero-order chi connectivity index (χ0) is 12.1. The minimum atomic E-state index is -0.0378. The molecule has 0 saturated carbocycles. The second kappa shape index (κ2) is 6.15. The first-order valence-corrected chi connectivity index (χ1v) is 6.24. The molecule has 0 aromatic carbocycles. The summed E-state index contributed by atoms with van der Waals surface area (Å²) in [4.78, 5) is 8.91. The van der Waals surface area contributed by atoms with E-state index >= 15 is 0 Å². The second-order valence-electron chi connectivity index (χ2n) is 3.49. The van der Waals surface area contributed by atoms with E-state index in [2.05, 4.69) is 38.1 Å². The van der Waals surface area contributed by atoms with E-state index in [9.17, 15) is 0 Å². The molecule has 0 saturated heterocycles. The van der Waals surface area contributed by atoms with Crippen LogP contribution in [0.15, 0.2) is 4.47 Å². The number of hydrogen-bond acceptors (Lipinski definition) is 4. The Balaban J connectivity index is 3.12. The highest BCUT2D eigenvalue weighted by Gasteiger charge is 2.15. The van der Waals surface area contributed by atoms with Crippen LogP contribution in [0.4, 0.5) is 5.82 Å². The predicted octanol–water partition coefficient (Wildman–Crippen LogP) is 3.08. The SMILES string of the molecule is CCNc1nc(C(CC)OC)nc(C)c1Br. The normalized spacial score (nSPS) is 12.6. The standard InChI is InChI=1S/C11H18BrN3O/c1-5-8(16-4)10-14-7(3)9(12)11(15-10)13-6-2/h8H,5-6H2,1-4H3,(H,13,14,15). The minimum Gasteiger partial charge on any atom is -0.373 e. The summed E-state index contributed by atoms with van der Waals surface area (Å²) >= 11 is 3.48. The molecule has 1 atom stereocenters. The predicted molar refractivity (Wildman–Crippen MR) is 68.7 cm³/mol. The van der Waals surface area contributed by atoms with Crippen molar-refractivity contribution in [3.8, 4) is 0 Å². The molecule has 1 aromatic rings. The highest BCUT2D eigenvalue weighted by atomic mass is 79.9. The summed E-state index contributed by atoms with van der Waals surface area (Å²) in [6.07, 6.45) is 0.826. The number of rotatable bonds is 5. The minimum absolute atomic E-state index is 0.0378. The molecule has 1 aromatic heterocycles. The molecule has 0 amide bonds. The summed E-state index contributed by atoms with van der Waals surface area (Å²) in [5.74, 6) is 1.57. The third-order valence-corrected chi connectivity index (χ3v) is 3.27. The molecule has 1 N–H and O–H groups in total. The van der Waals surface area contributed by atoms with E-state index in [-0.39, 0.29) is 6.10 Å². The number of nitrogens with zero attached hydrogens (tertiary/aromatic N) is 2. The van der Waals surface area contributed by atoms with Crippen molar-refractivity contribution in [1.82, 2.24) is 9.97 Å². The number of hydrogen-bond donors (Lipinski definition) is 1. The van der Waals surface area contributed by atoms with Gasteiger partial charge in [0.1, 0.15) is 11.9 Å². The van der Waals surface area contributed by atoms with Gasteiger partial charge in [-0.2, -0.15) is 0 Å². The fourth-order valence-corrected chi connectivity index (χ4v) is 1.78. The highest BCUT2D eigenvalue weighted by Crippen LogP contribution is 2.26. The van der Waals surface area contributed by atoms with Gasteiger partial charge >= 0.3 is 0 Å². The van der Waals surface area contributed by atoms with Gasteiger partial charge in [0.15, 0.2) is 5.82 Å². The third kappa shape index (κ3) is 2.92. The Kier molecular flexibility index (Phi) is 5.15. The Morgan fingerprint density at radius 2 is 2.06 bits per heavy atom. The Morgan fingerprint density at radius 3 is 2.56 bits per heavy atom. The van der Waals surface area contributed by atoms with Crippen LogP contribution in [0, 0.1) is 6.92 Å². The Labute approximate surface area is 105 Å². The zero-order valence-electron chi connectivity index (χ0n) is 10.2. The van der Waals surface area contributed by atoms with Gasteiger partial charge in [0.25, 0.3) is 0 Å². The summed E-state index contributed by atoms with van der Waals surface area (Å²) < 4.78 is 6.27. The van der Waals surface area contributed by atoms with E-state index in [1.54, 1.807) is 7.11 Å². The monoisotopic (exact) mass is 287 g/mol. The molecule has 0 aliphatic rings. The van der Waals surface area contributed by atoms with Gasteiger partial charge in [-0.05, 0) is 36.2 Å². The lowest BCUT2D eigenvalue weighted by Crippen LogP contribution is -2.11. The van der Waals surface area contributed by atoms with E-state index in [0.29, 0.717) is 0 Å². The van der Waals surface area contributed by atoms with Crippen molar-refractivity contribution >= 4 is 21.7 Å². The number of ether oxygens (including phenoxy) is 1. The summed E-state index contributed by atoms with van der Waals surface area (Å²) in [6, 6.07) is 0. The molecule has 0 radical (unpaired) electrons. The maximum Gasteiger partial charge on any atom is 0.159 e. The molecule has 5 heteroatoms. The van der Waals surface area contributed by atoms with Crippen LogP contribution in [0.25, 0.3) is 0 Å². The molecule has 4 nitrogen and oxygen atoms in total. The van der Waals surface area contributed by atoms with Crippen LogP contribution in [0.1, 0.15) is 37.9 Å². The first kappa shape index (κ1) is 13.4. The largest absolute Gasteiger partial charge is 0.373 e. The first-order chi connectivity index (χ1) is 7.63. The first-order valence-electron chi connectivity index (χ1n) is 5.44. The van der Waals surface area contributed by atoms with Gasteiger partial charge in [-0.25, -0.2) is 9.97 Å². The van der Waals surface area contributed by atoms with Crippen molar-refractivity contribution in [2.24, 2.45) is 0 Å². The van der Waals surface area contributed by atoms with Crippen LogP contribution in [-0.2, 0) is 4.74 Å². The van der Waals surface area contributed by atoms with Gasteiger partial charge < -0.3 is 10.1 Å². The van der Waals surface area contributed by atoms with Gasteiger partial charge in [-0.3, -0.25) is 0 Å². The fourth-order valence-electron chi connectivity index (χ4n) is 1.46. The van der Waals surface area contributed by atoms with Gasteiger partial charge in [-0.15, -0.1) is 0 Å². The molecule has 1 heterocycles. The number of aromatic nitrogens is 2. The molecule has 0 fully saturated rings. The van der Waals surface area contributed by atoms with Crippen molar-refractivity contribution in [2.75, 3.05) is 19.0 Å². The average Bonchev–Trinajstić information content (AvgIpc) is 2.27. The molecule has 0 aliphatic heterocycles. The molecule has 1 rings (SSSR count). The summed E-state index contributed by atoms with van der Waals surface area (Å²) in [6.45, 7) is 6.88. The van der Waals surface area contributed by atoms with Crippen molar-refractivity contribution in [3.05, 3.63) is 16.0 Å². The van der Waals surface area contributed by atoms with Crippen molar-refractivity contribution in [1.29, 1.82) is 0 Å². The van der Waals surface area contributed by atoms with Crippen LogP contribution in [-0.4, -0.2) is 23.6 Å². The average molecular weight is 288 g/mol. The van der Waals surface area contributed by atoms with Gasteiger partial charge in [-0.1, -0.05) is 6.92 Å². The molecule has 0 spiro atoms. The van der Waals surface area contributed by atoms with E-state index in [1.807, 2.05) is 13.8 Å². The van der Waals surface area contributed by atoms with E-state index in [4.69, 9.17) is 4.74 Å². The molecule has 0 bridgehead atoms. The lowest BCUT2D eigenvalue weighted by molar-refractivity contribution is 0.0925. The zero-order valence-corrected chi connectivity index (χ0v) is 11.8. The summed E-state index contributed by atoms with van der Waals surface area (Å²) in [7, 11) is 1.68. The number of nitrogens with one attached hydrogen (secondary N) is 1. The van der Waals surface area contributed by atoms with E-state index in [0.717, 1.165) is 34.8 Å². The Hall–Kier alpha value is -0.680. The summed E-state index contributed by atoms with van der Waals surface area (Å²) in [5.41, 5.74) is 0.927. The van der Waals surface area contributed by atoms with Crippen LogP contribution in [0.3, 0.4) is 0 Å². The molecule has 16 heavy (non-hydrogen) atoms. The van der Waals surface area contributed by atoms with Crippen molar-refractivity contribution < 1.29 is 4.74 Å². The Morgan fingerprint density at radius 1 is 1.38 bits per heavy atom. The Bertz CT molecular complexity index is 353. The molecular weight excluding hydrogens is 270 g/mol.